The molecule has 0 aliphatic carbocycles. The van der Waals surface area contributed by atoms with Crippen LogP contribution < -0.4 is 0 Å². The van der Waals surface area contributed by atoms with E-state index in [0.29, 0.717) is 24.6 Å². The Morgan fingerprint density at radius 2 is 2.03 bits per heavy atom. The van der Waals surface area contributed by atoms with Crippen LogP contribution in [0.4, 0.5) is 0 Å². The zero-order chi connectivity index (χ0) is 20.3. The van der Waals surface area contributed by atoms with Crippen molar-refractivity contribution < 1.29 is 9.21 Å². The molecule has 0 spiro atoms. The molecule has 2 aromatic carbocycles. The molecule has 6 heteroatoms. The monoisotopic (exact) mass is 417 g/mol. The standard InChI is InChI=1S/C24H23N3O2S/c28-23(11-10-22-25-26-24(29-22)19-12-14-30-16-19)27-13-4-8-20(27)15-18-7-3-6-17-5-1-2-9-21(17)18/h1-3,5-7,9,12,14,16,20H,4,8,10-11,13,15H2/t20-/m0/s1. The number of rotatable bonds is 6. The van der Waals surface area contributed by atoms with Crippen LogP contribution in [0.2, 0.25) is 0 Å². The molecule has 1 atom stereocenters. The summed E-state index contributed by atoms with van der Waals surface area (Å²) < 4.78 is 5.73. The van der Waals surface area contributed by atoms with Crippen LogP contribution in [0.3, 0.4) is 0 Å². The molecule has 1 amide bonds. The van der Waals surface area contributed by atoms with Gasteiger partial charge in [0.2, 0.25) is 17.7 Å². The van der Waals surface area contributed by atoms with Crippen molar-refractivity contribution in [2.75, 3.05) is 6.54 Å². The summed E-state index contributed by atoms with van der Waals surface area (Å²) in [7, 11) is 0. The van der Waals surface area contributed by atoms with Gasteiger partial charge in [0.15, 0.2) is 0 Å². The molecule has 4 aromatic rings. The molecule has 0 N–H and O–H groups in total. The highest BCUT2D eigenvalue weighted by Gasteiger charge is 2.29. The summed E-state index contributed by atoms with van der Waals surface area (Å²) in [6, 6.07) is 17.1. The van der Waals surface area contributed by atoms with Crippen molar-refractivity contribution in [1.82, 2.24) is 15.1 Å². The highest BCUT2D eigenvalue weighted by Crippen LogP contribution is 2.27. The van der Waals surface area contributed by atoms with Crippen molar-refractivity contribution in [1.29, 1.82) is 0 Å². The number of likely N-dealkylation sites (tertiary alicyclic amines) is 1. The second-order valence-corrected chi connectivity index (χ2v) is 8.52. The van der Waals surface area contributed by atoms with E-state index in [2.05, 4.69) is 57.6 Å². The molecule has 152 valence electrons. The van der Waals surface area contributed by atoms with Gasteiger partial charge in [0.1, 0.15) is 0 Å². The summed E-state index contributed by atoms with van der Waals surface area (Å²) in [5, 5.41) is 14.7. The SMILES string of the molecule is O=C(CCc1nnc(-c2ccsc2)o1)N1CCC[C@H]1Cc1cccc2ccccc12. The number of fused-ring (bicyclic) bond motifs is 1. The molecule has 1 aliphatic rings. The lowest BCUT2D eigenvalue weighted by Gasteiger charge is -2.25. The Morgan fingerprint density at radius 1 is 1.13 bits per heavy atom. The van der Waals surface area contributed by atoms with Gasteiger partial charge in [-0.25, -0.2) is 0 Å². The van der Waals surface area contributed by atoms with Crippen molar-refractivity contribution in [3.05, 3.63) is 70.7 Å². The predicted molar refractivity (Wildman–Crippen MR) is 118 cm³/mol. The number of carbonyl (C=O) groups is 1. The lowest BCUT2D eigenvalue weighted by Crippen LogP contribution is -2.37. The fourth-order valence-corrected chi connectivity index (χ4v) is 4.95. The maximum atomic E-state index is 13.0. The molecule has 0 unspecified atom stereocenters. The number of aromatic nitrogens is 2. The van der Waals surface area contributed by atoms with E-state index in [1.807, 2.05) is 16.8 Å². The van der Waals surface area contributed by atoms with Gasteiger partial charge in [-0.05, 0) is 47.0 Å². The second-order valence-electron chi connectivity index (χ2n) is 7.74. The van der Waals surface area contributed by atoms with E-state index in [9.17, 15) is 4.79 Å². The molecule has 5 rings (SSSR count). The highest BCUT2D eigenvalue weighted by atomic mass is 32.1. The van der Waals surface area contributed by atoms with Crippen molar-refractivity contribution in [3.63, 3.8) is 0 Å². The minimum absolute atomic E-state index is 0.174. The van der Waals surface area contributed by atoms with Crippen LogP contribution in [0, 0.1) is 0 Å². The number of amides is 1. The Balaban J connectivity index is 1.24. The van der Waals surface area contributed by atoms with E-state index < -0.39 is 0 Å². The smallest absolute Gasteiger partial charge is 0.248 e. The zero-order valence-electron chi connectivity index (χ0n) is 16.7. The zero-order valence-corrected chi connectivity index (χ0v) is 17.5. The molecular formula is C24H23N3O2S. The van der Waals surface area contributed by atoms with Gasteiger partial charge in [-0.2, -0.15) is 11.3 Å². The highest BCUT2D eigenvalue weighted by molar-refractivity contribution is 7.08. The minimum atomic E-state index is 0.174. The predicted octanol–water partition coefficient (Wildman–Crippen LogP) is 5.12. The number of hydrogen-bond donors (Lipinski definition) is 0. The molecule has 0 bridgehead atoms. The quantitative estimate of drug-likeness (QED) is 0.437. The Morgan fingerprint density at radius 3 is 2.93 bits per heavy atom. The lowest BCUT2D eigenvalue weighted by atomic mass is 9.97. The Labute approximate surface area is 179 Å². The maximum absolute atomic E-state index is 13.0. The Bertz CT molecular complexity index is 1150. The van der Waals surface area contributed by atoms with Crippen LogP contribution in [0.25, 0.3) is 22.2 Å². The van der Waals surface area contributed by atoms with Crippen molar-refractivity contribution >= 4 is 28.0 Å². The Kier molecular flexibility index (Phi) is 5.32. The number of carbonyl (C=O) groups excluding carboxylic acids is 1. The molecule has 3 heterocycles. The average molecular weight is 418 g/mol. The minimum Gasteiger partial charge on any atom is -0.421 e. The first-order valence-corrected chi connectivity index (χ1v) is 11.3. The van der Waals surface area contributed by atoms with Crippen molar-refractivity contribution in [2.45, 2.75) is 38.1 Å². The third kappa shape index (κ3) is 3.87. The van der Waals surface area contributed by atoms with Crippen LogP contribution >= 0.6 is 11.3 Å². The lowest BCUT2D eigenvalue weighted by molar-refractivity contribution is -0.132. The van der Waals surface area contributed by atoms with E-state index in [-0.39, 0.29) is 11.9 Å². The first-order valence-electron chi connectivity index (χ1n) is 10.4. The summed E-state index contributed by atoms with van der Waals surface area (Å²) in [5.41, 5.74) is 2.25. The number of hydrogen-bond acceptors (Lipinski definition) is 5. The summed E-state index contributed by atoms with van der Waals surface area (Å²) in [5.74, 6) is 1.22. The molecule has 0 radical (unpaired) electrons. The van der Waals surface area contributed by atoms with E-state index in [1.165, 1.54) is 16.3 Å². The van der Waals surface area contributed by atoms with Crippen molar-refractivity contribution in [3.8, 4) is 11.5 Å². The van der Waals surface area contributed by atoms with E-state index in [4.69, 9.17) is 4.42 Å². The first-order chi connectivity index (χ1) is 14.8. The third-order valence-corrected chi connectivity index (χ3v) is 6.50. The fourth-order valence-electron chi connectivity index (χ4n) is 4.32. The van der Waals surface area contributed by atoms with Crippen molar-refractivity contribution in [2.24, 2.45) is 0 Å². The largest absolute Gasteiger partial charge is 0.421 e. The molecule has 1 fully saturated rings. The van der Waals surface area contributed by atoms with Crippen LogP contribution in [0.1, 0.15) is 30.7 Å². The maximum Gasteiger partial charge on any atom is 0.248 e. The van der Waals surface area contributed by atoms with Gasteiger partial charge in [0.05, 0.1) is 0 Å². The van der Waals surface area contributed by atoms with Gasteiger partial charge in [0, 0.05) is 36.4 Å². The second kappa shape index (κ2) is 8.40. The van der Waals surface area contributed by atoms with E-state index in [0.717, 1.165) is 31.4 Å². The Hall–Kier alpha value is -2.99. The molecule has 1 saturated heterocycles. The van der Waals surface area contributed by atoms with Crippen LogP contribution in [0.5, 0.6) is 0 Å². The fraction of sp³-hybridized carbons (Fsp3) is 0.292. The third-order valence-electron chi connectivity index (χ3n) is 5.82. The van der Waals surface area contributed by atoms with Gasteiger partial charge in [0.25, 0.3) is 0 Å². The summed E-state index contributed by atoms with van der Waals surface area (Å²) in [4.78, 5) is 15.0. The summed E-state index contributed by atoms with van der Waals surface area (Å²) >= 11 is 1.59. The van der Waals surface area contributed by atoms with Gasteiger partial charge < -0.3 is 9.32 Å². The molecule has 30 heavy (non-hydrogen) atoms. The molecular weight excluding hydrogens is 394 g/mol. The number of thiophene rings is 1. The number of aryl methyl sites for hydroxylation is 1. The van der Waals surface area contributed by atoms with E-state index >= 15 is 0 Å². The van der Waals surface area contributed by atoms with Gasteiger partial charge in [-0.3, -0.25) is 4.79 Å². The number of nitrogens with zero attached hydrogens (tertiary/aromatic N) is 3. The molecule has 5 nitrogen and oxygen atoms in total. The normalized spacial score (nSPS) is 16.4. The summed E-state index contributed by atoms with van der Waals surface area (Å²) in [6.07, 6.45) is 3.89. The van der Waals surface area contributed by atoms with E-state index in [1.54, 1.807) is 11.3 Å². The van der Waals surface area contributed by atoms with Crippen LogP contribution in [0.15, 0.2) is 63.7 Å². The molecule has 0 saturated carbocycles. The summed E-state index contributed by atoms with van der Waals surface area (Å²) in [6.45, 7) is 0.832. The molecule has 1 aliphatic heterocycles. The van der Waals surface area contributed by atoms with Crippen LogP contribution in [-0.4, -0.2) is 33.6 Å². The van der Waals surface area contributed by atoms with Gasteiger partial charge in [-0.15, -0.1) is 10.2 Å². The average Bonchev–Trinajstić information content (AvgIpc) is 3.54. The number of benzene rings is 2. The van der Waals surface area contributed by atoms with Gasteiger partial charge >= 0.3 is 0 Å². The van der Waals surface area contributed by atoms with Crippen LogP contribution in [-0.2, 0) is 17.6 Å². The first kappa shape index (κ1) is 19.0. The topological polar surface area (TPSA) is 59.2 Å². The van der Waals surface area contributed by atoms with Gasteiger partial charge in [-0.1, -0.05) is 42.5 Å². The molecule has 2 aromatic heterocycles.